The lowest BCUT2D eigenvalue weighted by Gasteiger charge is -2.13. The second-order valence-electron chi connectivity index (χ2n) is 4.18. The highest BCUT2D eigenvalue weighted by atomic mass is 35.5. The molecule has 0 aliphatic carbocycles. The fourth-order valence-corrected chi connectivity index (χ4v) is 1.86. The van der Waals surface area contributed by atoms with Crippen molar-refractivity contribution in [2.45, 2.75) is 13.0 Å². The lowest BCUT2D eigenvalue weighted by atomic mass is 10.1. The van der Waals surface area contributed by atoms with Gasteiger partial charge in [0, 0.05) is 5.02 Å². The summed E-state index contributed by atoms with van der Waals surface area (Å²) < 4.78 is 0. The molecular formula is C13H12ClN3O3. The van der Waals surface area contributed by atoms with E-state index in [1.165, 1.54) is 6.33 Å². The number of amides is 1. The van der Waals surface area contributed by atoms with Gasteiger partial charge in [0.1, 0.15) is 0 Å². The first-order valence-electron chi connectivity index (χ1n) is 5.82. The van der Waals surface area contributed by atoms with Crippen LogP contribution in [0.15, 0.2) is 30.6 Å². The summed E-state index contributed by atoms with van der Waals surface area (Å²) >= 11 is 5.79. The fourth-order valence-electron chi connectivity index (χ4n) is 1.73. The Kier molecular flexibility index (Phi) is 4.05. The maximum Gasteiger partial charge on any atom is 0.354 e. The van der Waals surface area contributed by atoms with Crippen molar-refractivity contribution >= 4 is 23.5 Å². The molecule has 0 saturated heterocycles. The third-order valence-corrected chi connectivity index (χ3v) is 3.04. The van der Waals surface area contributed by atoms with Gasteiger partial charge in [-0.3, -0.25) is 4.79 Å². The van der Waals surface area contributed by atoms with Gasteiger partial charge in [-0.05, 0) is 24.6 Å². The molecule has 2 rings (SSSR count). The standard InChI is InChI=1S/C13H12ClN3O3/c1-7(8-2-4-9(14)5-3-8)17-12(18)10-11(13(19)20)16-6-15-10/h2-7H,1H3,(H,15,16)(H,17,18)(H,19,20)/t7-/m1/s1. The van der Waals surface area contributed by atoms with Gasteiger partial charge in [-0.15, -0.1) is 0 Å². The Morgan fingerprint density at radius 1 is 1.35 bits per heavy atom. The highest BCUT2D eigenvalue weighted by Gasteiger charge is 2.21. The van der Waals surface area contributed by atoms with Crippen LogP contribution in [0.3, 0.4) is 0 Å². The van der Waals surface area contributed by atoms with Gasteiger partial charge in [-0.25, -0.2) is 9.78 Å². The highest BCUT2D eigenvalue weighted by molar-refractivity contribution is 6.30. The van der Waals surface area contributed by atoms with Gasteiger partial charge in [0.05, 0.1) is 12.4 Å². The van der Waals surface area contributed by atoms with Crippen LogP contribution in [0.2, 0.25) is 5.02 Å². The summed E-state index contributed by atoms with van der Waals surface area (Å²) in [5.41, 5.74) is 0.485. The number of nitrogens with zero attached hydrogens (tertiary/aromatic N) is 1. The quantitative estimate of drug-likeness (QED) is 0.805. The number of aromatic nitrogens is 2. The van der Waals surface area contributed by atoms with E-state index >= 15 is 0 Å². The molecule has 0 spiro atoms. The number of carboxylic acids is 1. The van der Waals surface area contributed by atoms with Crippen LogP contribution in [-0.2, 0) is 0 Å². The van der Waals surface area contributed by atoms with Crippen molar-refractivity contribution in [3.8, 4) is 0 Å². The van der Waals surface area contributed by atoms with Crippen LogP contribution in [0.1, 0.15) is 39.5 Å². The summed E-state index contributed by atoms with van der Waals surface area (Å²) in [5.74, 6) is -1.78. The van der Waals surface area contributed by atoms with E-state index in [9.17, 15) is 9.59 Å². The molecule has 0 aliphatic heterocycles. The van der Waals surface area contributed by atoms with Gasteiger partial charge < -0.3 is 15.4 Å². The molecule has 104 valence electrons. The number of carbonyl (C=O) groups excluding carboxylic acids is 1. The summed E-state index contributed by atoms with van der Waals surface area (Å²) in [6, 6.07) is 6.72. The molecule has 1 heterocycles. The van der Waals surface area contributed by atoms with E-state index in [4.69, 9.17) is 16.7 Å². The number of H-pyrrole nitrogens is 1. The number of carbonyl (C=O) groups is 2. The predicted molar refractivity (Wildman–Crippen MR) is 72.9 cm³/mol. The van der Waals surface area contributed by atoms with E-state index in [1.54, 1.807) is 31.2 Å². The number of carboxylic acid groups (broad SMARTS) is 1. The first-order valence-corrected chi connectivity index (χ1v) is 6.20. The van der Waals surface area contributed by atoms with E-state index in [1.807, 2.05) is 0 Å². The number of aromatic carboxylic acids is 1. The molecule has 0 unspecified atom stereocenters. The normalized spacial score (nSPS) is 11.9. The number of halogens is 1. The van der Waals surface area contributed by atoms with Crippen LogP contribution < -0.4 is 5.32 Å². The Balaban J connectivity index is 2.13. The topological polar surface area (TPSA) is 95.1 Å². The molecule has 0 saturated carbocycles. The van der Waals surface area contributed by atoms with Gasteiger partial charge >= 0.3 is 5.97 Å². The molecule has 1 amide bonds. The average molecular weight is 294 g/mol. The van der Waals surface area contributed by atoms with Gasteiger partial charge in [0.2, 0.25) is 0 Å². The Hall–Kier alpha value is -2.34. The van der Waals surface area contributed by atoms with Crippen LogP contribution in [0.25, 0.3) is 0 Å². The van der Waals surface area contributed by atoms with Gasteiger partial charge in [-0.2, -0.15) is 0 Å². The smallest absolute Gasteiger partial charge is 0.354 e. The first-order chi connectivity index (χ1) is 9.49. The molecule has 0 radical (unpaired) electrons. The van der Waals surface area contributed by atoms with Crippen molar-refractivity contribution < 1.29 is 14.7 Å². The van der Waals surface area contributed by atoms with Crippen LogP contribution >= 0.6 is 11.6 Å². The molecule has 2 aromatic rings. The van der Waals surface area contributed by atoms with E-state index in [-0.39, 0.29) is 17.4 Å². The Morgan fingerprint density at radius 2 is 2.00 bits per heavy atom. The number of rotatable bonds is 4. The van der Waals surface area contributed by atoms with Crippen molar-refractivity contribution in [1.29, 1.82) is 0 Å². The largest absolute Gasteiger partial charge is 0.477 e. The third-order valence-electron chi connectivity index (χ3n) is 2.79. The van der Waals surface area contributed by atoms with E-state index in [2.05, 4.69) is 15.3 Å². The molecule has 1 aromatic heterocycles. The minimum Gasteiger partial charge on any atom is -0.477 e. The van der Waals surface area contributed by atoms with Crippen LogP contribution in [0.4, 0.5) is 0 Å². The second kappa shape index (κ2) is 5.75. The van der Waals surface area contributed by atoms with E-state index < -0.39 is 11.9 Å². The van der Waals surface area contributed by atoms with Gasteiger partial charge in [0.15, 0.2) is 11.4 Å². The Labute approximate surface area is 119 Å². The maximum atomic E-state index is 12.0. The Bertz CT molecular complexity index is 637. The summed E-state index contributed by atoms with van der Waals surface area (Å²) in [4.78, 5) is 29.1. The molecule has 20 heavy (non-hydrogen) atoms. The molecule has 3 N–H and O–H groups in total. The maximum absolute atomic E-state index is 12.0. The second-order valence-corrected chi connectivity index (χ2v) is 4.61. The lowest BCUT2D eigenvalue weighted by Crippen LogP contribution is -2.28. The third kappa shape index (κ3) is 2.97. The van der Waals surface area contributed by atoms with E-state index in [0.29, 0.717) is 5.02 Å². The molecule has 0 bridgehead atoms. The average Bonchev–Trinajstić information content (AvgIpc) is 2.88. The van der Waals surface area contributed by atoms with Crippen molar-refractivity contribution in [2.24, 2.45) is 0 Å². The van der Waals surface area contributed by atoms with Crippen LogP contribution in [-0.4, -0.2) is 27.0 Å². The predicted octanol–water partition coefficient (Wildman–Crippen LogP) is 2.25. The van der Waals surface area contributed by atoms with Crippen molar-refractivity contribution in [3.63, 3.8) is 0 Å². The molecule has 6 nitrogen and oxygen atoms in total. The van der Waals surface area contributed by atoms with Crippen molar-refractivity contribution in [3.05, 3.63) is 52.6 Å². The molecular weight excluding hydrogens is 282 g/mol. The zero-order valence-electron chi connectivity index (χ0n) is 10.6. The molecule has 0 aliphatic rings. The number of hydrogen-bond acceptors (Lipinski definition) is 3. The Morgan fingerprint density at radius 3 is 2.60 bits per heavy atom. The summed E-state index contributed by atoms with van der Waals surface area (Å²) in [6.07, 6.45) is 1.17. The monoisotopic (exact) mass is 293 g/mol. The highest BCUT2D eigenvalue weighted by Crippen LogP contribution is 2.16. The minimum atomic E-state index is -1.23. The summed E-state index contributed by atoms with van der Waals surface area (Å²) in [6.45, 7) is 1.79. The number of nitrogens with one attached hydrogen (secondary N) is 2. The number of aromatic amines is 1. The summed E-state index contributed by atoms with van der Waals surface area (Å²) in [7, 11) is 0. The first kappa shape index (κ1) is 14.1. The number of hydrogen-bond donors (Lipinski definition) is 3. The fraction of sp³-hybridized carbons (Fsp3) is 0.154. The molecule has 1 atom stereocenters. The molecule has 7 heteroatoms. The van der Waals surface area contributed by atoms with Crippen molar-refractivity contribution in [2.75, 3.05) is 0 Å². The number of imidazole rings is 1. The van der Waals surface area contributed by atoms with Crippen LogP contribution in [0, 0.1) is 0 Å². The lowest BCUT2D eigenvalue weighted by molar-refractivity contribution is 0.0684. The van der Waals surface area contributed by atoms with Gasteiger partial charge in [-0.1, -0.05) is 23.7 Å². The molecule has 1 aromatic carbocycles. The minimum absolute atomic E-state index is 0.140. The zero-order valence-corrected chi connectivity index (χ0v) is 11.3. The number of benzene rings is 1. The SMILES string of the molecule is C[C@@H](NC(=O)c1nc[nH]c1C(=O)O)c1ccc(Cl)cc1. The van der Waals surface area contributed by atoms with E-state index in [0.717, 1.165) is 5.56 Å². The van der Waals surface area contributed by atoms with Crippen molar-refractivity contribution in [1.82, 2.24) is 15.3 Å². The van der Waals surface area contributed by atoms with Gasteiger partial charge in [0.25, 0.3) is 5.91 Å². The summed E-state index contributed by atoms with van der Waals surface area (Å²) in [5, 5.41) is 12.2. The van der Waals surface area contributed by atoms with Crippen LogP contribution in [0.5, 0.6) is 0 Å². The molecule has 0 fully saturated rings. The zero-order chi connectivity index (χ0) is 14.7.